The van der Waals surface area contributed by atoms with Gasteiger partial charge < -0.3 is 118 Å². The third-order valence-electron chi connectivity index (χ3n) is 19.6. The summed E-state index contributed by atoms with van der Waals surface area (Å²) in [4.78, 5) is 235. The fraction of sp³-hybridized carbons (Fsp3) is 0.571. The zero-order valence-electron chi connectivity index (χ0n) is 72.4. The number of rotatable bonds is 57. The normalized spacial score (nSPS) is 14.4. The molecule has 0 heterocycles. The maximum atomic E-state index is 15.0. The van der Waals surface area contributed by atoms with Crippen molar-refractivity contribution in [1.29, 1.82) is 5.41 Å². The molecular weight excluding hydrogens is 1610 g/mol. The second kappa shape index (κ2) is 54.1. The van der Waals surface area contributed by atoms with Crippen LogP contribution in [0.3, 0.4) is 0 Å². The number of hydrogen-bond donors (Lipinski definition) is 23. The predicted octanol–water partition coefficient (Wildman–Crippen LogP) is -1.23. The zero-order chi connectivity index (χ0) is 93.2. The molecule has 3 aromatic rings. The first-order valence-electron chi connectivity index (χ1n) is 41.6. The van der Waals surface area contributed by atoms with Gasteiger partial charge in [0.1, 0.15) is 90.0 Å². The van der Waals surface area contributed by atoms with Crippen molar-refractivity contribution in [2.24, 2.45) is 52.5 Å². The number of amides is 15. The summed E-state index contributed by atoms with van der Waals surface area (Å²) in [5.41, 5.74) is 24.0. The molecule has 0 aliphatic carbocycles. The molecule has 40 nitrogen and oxygen atoms in total. The molecule has 27 N–H and O–H groups in total. The minimum Gasteiger partial charge on any atom is -0.508 e. The van der Waals surface area contributed by atoms with Crippen molar-refractivity contribution >= 4 is 107 Å². The number of unbranched alkanes of at least 4 members (excludes halogenated alkanes) is 1. The summed E-state index contributed by atoms with van der Waals surface area (Å²) in [6.45, 7) is 17.9. The van der Waals surface area contributed by atoms with Gasteiger partial charge in [0.15, 0.2) is 5.96 Å². The van der Waals surface area contributed by atoms with Crippen LogP contribution >= 0.6 is 0 Å². The molecule has 40 heteroatoms. The highest BCUT2D eigenvalue weighted by atomic mass is 16.4. The van der Waals surface area contributed by atoms with Crippen molar-refractivity contribution in [3.8, 4) is 11.5 Å². The lowest BCUT2D eigenvalue weighted by Gasteiger charge is -2.30. The highest BCUT2D eigenvalue weighted by Gasteiger charge is 2.40. The van der Waals surface area contributed by atoms with Crippen LogP contribution in [0.15, 0.2) is 78.9 Å². The fourth-order valence-electron chi connectivity index (χ4n) is 13.0. The van der Waals surface area contributed by atoms with Gasteiger partial charge in [-0.25, -0.2) is 0 Å². The maximum absolute atomic E-state index is 15.0. The van der Waals surface area contributed by atoms with E-state index >= 15 is 0 Å². The van der Waals surface area contributed by atoms with Crippen LogP contribution in [0.25, 0.3) is 0 Å². The second-order valence-electron chi connectivity index (χ2n) is 32.7. The van der Waals surface area contributed by atoms with Gasteiger partial charge in [-0.2, -0.15) is 0 Å². The number of nitrogens with two attached hydrogens (primary N) is 4. The van der Waals surface area contributed by atoms with E-state index in [1.165, 1.54) is 62.4 Å². The molecule has 0 bridgehead atoms. The van der Waals surface area contributed by atoms with Crippen LogP contribution in [-0.4, -0.2) is 219 Å². The van der Waals surface area contributed by atoms with E-state index in [2.05, 4.69) is 74.4 Å². The molecule has 0 saturated heterocycles. The van der Waals surface area contributed by atoms with Gasteiger partial charge in [-0.15, -0.1) is 0 Å². The van der Waals surface area contributed by atoms with Gasteiger partial charge in [0, 0.05) is 52.0 Å². The average Bonchev–Trinajstić information content (AvgIpc) is 0.844. The first-order chi connectivity index (χ1) is 58.3. The van der Waals surface area contributed by atoms with Gasteiger partial charge in [-0.05, 0) is 148 Å². The third kappa shape index (κ3) is 40.4. The fourth-order valence-corrected chi connectivity index (χ4v) is 13.0. The SMILES string of the molecule is CC(=O)N[C@@H](CCC(=O)O)C(=O)N[C@H](C(=O)N[C@@H](CCC(N)=O)C(=O)N[C@@H](CCCCN)C(=O)N[C@@H](Cc1ccccc1)C(=O)N[C@@H](CC(C)C)C(=O)N[C@@H](CCC(=O)O)C(=O)N[C@H](C(=O)N[C@@H](Cc1ccc(O)cc1)C(=O)N[C@@H](CC(C)C)C(=O)N[C@@H](CCCNC(=N)N)C(=O)N[C@@H](CC(C)C)C(=O)N[C@@H](Cc1ccc(O)cc1)C(N)=O)C(C)C)C(C)C. The molecule has 3 rings (SSSR count). The van der Waals surface area contributed by atoms with Crippen LogP contribution in [-0.2, 0) is 101 Å². The van der Waals surface area contributed by atoms with Crippen LogP contribution in [0.2, 0.25) is 0 Å². The summed E-state index contributed by atoms with van der Waals surface area (Å²) in [5.74, 6) is -19.6. The Hall–Kier alpha value is -12.5. The predicted molar refractivity (Wildman–Crippen MR) is 456 cm³/mol. The standard InChI is InChI=1S/C84H129N19O21/c1-44(2)38-61(77(118)93-56(21-17-37-90-84(88)89)73(114)97-63(40-46(5)6)79(120)96-60(71(87)112)41-51-22-26-53(105)27-23-51)99-81(122)65(43-52-24-28-54(106)29-25-52)101-83(124)70(48(9)10)103-76(117)59(32-35-68(110)111)94-78(119)62(39-45(3)4)98-80(121)64(42-50-18-13-12-14-19-50)100-72(113)55(20-15-16-36-85)92-74(115)58(30-33-66(86)107)95-82(123)69(47(7)8)102-75(116)57(91-49(11)104)31-34-67(108)109/h12-14,18-19,22-29,44-48,55-65,69-70,105-106H,15-17,20-21,30-43,85H2,1-11H3,(H2,86,107)(H2,87,112)(H,91,104)(H,92,115)(H,93,118)(H,94,119)(H,95,123)(H,96,120)(H,97,114)(H,98,121)(H,99,122)(H,100,113)(H,101,124)(H,102,116)(H,103,117)(H,108,109)(H,110,111)(H4,88,89,90)/t55-,56-,57-,58-,59-,60-,61-,62-,63-,64-,65-,69-,70-/m0/s1. The van der Waals surface area contributed by atoms with Crippen LogP contribution in [0.1, 0.15) is 183 Å². The van der Waals surface area contributed by atoms with Crippen LogP contribution < -0.4 is 97.4 Å². The number of carbonyl (C=O) groups is 17. The summed E-state index contributed by atoms with van der Waals surface area (Å²) in [5, 5.41) is 83.5. The van der Waals surface area contributed by atoms with E-state index in [4.69, 9.17) is 28.3 Å². The monoisotopic (exact) mass is 1740 g/mol. The first-order valence-corrected chi connectivity index (χ1v) is 41.6. The van der Waals surface area contributed by atoms with E-state index in [0.29, 0.717) is 23.1 Å². The minimum atomic E-state index is -1.76. The number of phenols is 2. The highest BCUT2D eigenvalue weighted by molar-refractivity contribution is 6.01. The van der Waals surface area contributed by atoms with Gasteiger partial charge in [0.25, 0.3) is 0 Å². The number of hydrogen-bond acceptors (Lipinski definition) is 21. The quantitative estimate of drug-likeness (QED) is 0.0179. The second-order valence-corrected chi connectivity index (χ2v) is 32.7. The van der Waals surface area contributed by atoms with Crippen molar-refractivity contribution in [3.63, 3.8) is 0 Å². The Balaban J connectivity index is 2.05. The van der Waals surface area contributed by atoms with Gasteiger partial charge in [-0.3, -0.25) is 86.9 Å². The number of aromatic hydroxyl groups is 2. The third-order valence-corrected chi connectivity index (χ3v) is 19.6. The number of carboxylic acid groups (broad SMARTS) is 2. The molecule has 686 valence electrons. The molecular formula is C84H129N19O21. The van der Waals surface area contributed by atoms with Crippen LogP contribution in [0.5, 0.6) is 11.5 Å². The molecule has 0 saturated carbocycles. The van der Waals surface area contributed by atoms with Crippen molar-refractivity contribution in [2.75, 3.05) is 13.1 Å². The lowest BCUT2D eigenvalue weighted by atomic mass is 9.98. The van der Waals surface area contributed by atoms with Gasteiger partial charge in [0.05, 0.1) is 0 Å². The summed E-state index contributed by atoms with van der Waals surface area (Å²) in [7, 11) is 0. The Bertz CT molecular complexity index is 4090. The number of phenolic OH excluding ortho intramolecular Hbond substituents is 2. The highest BCUT2D eigenvalue weighted by Crippen LogP contribution is 2.19. The lowest BCUT2D eigenvalue weighted by molar-refractivity contribution is -0.139. The van der Waals surface area contributed by atoms with Crippen molar-refractivity contribution in [3.05, 3.63) is 95.6 Å². The Labute approximate surface area is 721 Å². The average molecular weight is 1740 g/mol. The molecule has 0 radical (unpaired) electrons. The van der Waals surface area contributed by atoms with Gasteiger partial charge in [-0.1, -0.05) is 124 Å². The van der Waals surface area contributed by atoms with E-state index in [1.54, 1.807) is 85.7 Å². The zero-order valence-corrected chi connectivity index (χ0v) is 72.4. The van der Waals surface area contributed by atoms with E-state index in [1.807, 2.05) is 0 Å². The van der Waals surface area contributed by atoms with E-state index < -0.39 is 229 Å². The molecule has 0 aliphatic heterocycles. The summed E-state index contributed by atoms with van der Waals surface area (Å²) < 4.78 is 0. The summed E-state index contributed by atoms with van der Waals surface area (Å²) in [6.07, 6.45) is -3.52. The number of benzene rings is 3. The molecule has 3 aromatic carbocycles. The molecule has 13 atom stereocenters. The van der Waals surface area contributed by atoms with E-state index in [0.717, 1.165) is 6.92 Å². The number of carbonyl (C=O) groups excluding carboxylic acids is 15. The Kier molecular flexibility index (Phi) is 46.1. The topological polar surface area (TPSA) is 667 Å². The number of primary amides is 2. The Morgan fingerprint density at radius 2 is 0.629 bits per heavy atom. The molecule has 124 heavy (non-hydrogen) atoms. The molecule has 0 unspecified atom stereocenters. The first kappa shape index (κ1) is 106. The van der Waals surface area contributed by atoms with Gasteiger partial charge in [0.2, 0.25) is 88.6 Å². The van der Waals surface area contributed by atoms with Crippen LogP contribution in [0, 0.1) is 35.0 Å². The van der Waals surface area contributed by atoms with Crippen molar-refractivity contribution < 1.29 is 102 Å². The molecule has 0 spiro atoms. The summed E-state index contributed by atoms with van der Waals surface area (Å²) in [6, 6.07) is 0.253. The largest absolute Gasteiger partial charge is 0.508 e. The number of aliphatic carboxylic acids is 2. The van der Waals surface area contributed by atoms with Crippen LogP contribution in [0.4, 0.5) is 0 Å². The molecule has 0 aliphatic rings. The van der Waals surface area contributed by atoms with Crippen molar-refractivity contribution in [2.45, 2.75) is 264 Å². The Morgan fingerprint density at radius 1 is 0.339 bits per heavy atom. The summed E-state index contributed by atoms with van der Waals surface area (Å²) >= 11 is 0. The number of carboxylic acids is 2. The molecule has 15 amide bonds. The smallest absolute Gasteiger partial charge is 0.303 e. The molecule has 0 aromatic heterocycles. The maximum Gasteiger partial charge on any atom is 0.303 e. The van der Waals surface area contributed by atoms with Crippen molar-refractivity contribution in [1.82, 2.24) is 74.4 Å². The lowest BCUT2D eigenvalue weighted by Crippen LogP contribution is -2.62. The van der Waals surface area contributed by atoms with Gasteiger partial charge >= 0.3 is 11.9 Å². The minimum absolute atomic E-state index is 0.0395. The number of nitrogens with one attached hydrogen (secondary N) is 15. The van der Waals surface area contributed by atoms with E-state index in [9.17, 15) is 102 Å². The molecule has 0 fully saturated rings. The van der Waals surface area contributed by atoms with E-state index in [-0.39, 0.29) is 113 Å². The Morgan fingerprint density at radius 3 is 0.968 bits per heavy atom. The number of guanidine groups is 1.